The molecule has 0 heterocycles. The van der Waals surface area contributed by atoms with Crippen LogP contribution in [0.5, 0.6) is 0 Å². The predicted octanol–water partition coefficient (Wildman–Crippen LogP) is 3.11. The molecule has 0 aliphatic carbocycles. The van der Waals surface area contributed by atoms with Gasteiger partial charge in [0.05, 0.1) is 0 Å². The maximum absolute atomic E-state index is 12.2. The molecule has 0 unspecified atom stereocenters. The van der Waals surface area contributed by atoms with Crippen LogP contribution in [0.15, 0.2) is 42.5 Å². The van der Waals surface area contributed by atoms with Crippen molar-refractivity contribution in [1.29, 1.82) is 0 Å². The number of carbonyl (C=O) groups is 1. The fraction of sp³-hybridized carbons (Fsp3) is 0.357. The molecule has 0 bridgehead atoms. The number of hydrogen-bond acceptors (Lipinski definition) is 1. The number of amides is 1. The van der Waals surface area contributed by atoms with Gasteiger partial charge in [-0.1, -0.05) is 30.4 Å². The van der Waals surface area contributed by atoms with E-state index < -0.39 is 0 Å². The summed E-state index contributed by atoms with van der Waals surface area (Å²) in [6, 6.07) is 9.55. The monoisotopic (exact) mass is 217 g/mol. The summed E-state index contributed by atoms with van der Waals surface area (Å²) < 4.78 is 0. The molecule has 0 fully saturated rings. The maximum Gasteiger partial charge on any atom is 0.254 e. The zero-order valence-corrected chi connectivity index (χ0v) is 10.2. The molecule has 86 valence electrons. The molecule has 16 heavy (non-hydrogen) atoms. The van der Waals surface area contributed by atoms with E-state index in [1.807, 2.05) is 56.0 Å². The van der Waals surface area contributed by atoms with Gasteiger partial charge in [0, 0.05) is 18.2 Å². The van der Waals surface area contributed by atoms with Crippen LogP contribution in [0.1, 0.15) is 31.1 Å². The highest BCUT2D eigenvalue weighted by atomic mass is 16.2. The second-order valence-electron chi connectivity index (χ2n) is 4.35. The van der Waals surface area contributed by atoms with Crippen molar-refractivity contribution in [2.45, 2.75) is 26.8 Å². The Morgan fingerprint density at radius 2 is 1.88 bits per heavy atom. The quantitative estimate of drug-likeness (QED) is 0.710. The van der Waals surface area contributed by atoms with Gasteiger partial charge >= 0.3 is 0 Å². The van der Waals surface area contributed by atoms with Crippen LogP contribution in [-0.2, 0) is 0 Å². The van der Waals surface area contributed by atoms with E-state index in [1.54, 1.807) is 0 Å². The Kier molecular flexibility index (Phi) is 4.29. The second kappa shape index (κ2) is 5.50. The van der Waals surface area contributed by atoms with Gasteiger partial charge in [-0.15, -0.1) is 0 Å². The number of rotatable bonds is 4. The van der Waals surface area contributed by atoms with Crippen molar-refractivity contribution in [3.8, 4) is 0 Å². The van der Waals surface area contributed by atoms with Gasteiger partial charge in [-0.3, -0.25) is 4.79 Å². The Morgan fingerprint density at radius 3 is 2.31 bits per heavy atom. The van der Waals surface area contributed by atoms with Crippen LogP contribution in [0.25, 0.3) is 0 Å². The molecule has 0 spiro atoms. The van der Waals surface area contributed by atoms with Crippen molar-refractivity contribution >= 4 is 5.91 Å². The minimum Gasteiger partial charge on any atom is -0.332 e. The molecule has 0 aliphatic heterocycles. The largest absolute Gasteiger partial charge is 0.332 e. The summed E-state index contributed by atoms with van der Waals surface area (Å²) in [5.41, 5.74) is 1.73. The van der Waals surface area contributed by atoms with Gasteiger partial charge in [0.25, 0.3) is 5.91 Å². The third-order valence-corrected chi connectivity index (χ3v) is 2.35. The molecular formula is C14H19NO. The van der Waals surface area contributed by atoms with Crippen molar-refractivity contribution in [1.82, 2.24) is 4.90 Å². The average Bonchev–Trinajstić information content (AvgIpc) is 2.25. The van der Waals surface area contributed by atoms with Crippen molar-refractivity contribution in [3.63, 3.8) is 0 Å². The van der Waals surface area contributed by atoms with E-state index in [2.05, 4.69) is 6.58 Å². The van der Waals surface area contributed by atoms with Crippen molar-refractivity contribution in [2.75, 3.05) is 6.54 Å². The molecule has 0 radical (unpaired) electrons. The lowest BCUT2D eigenvalue weighted by Gasteiger charge is -2.27. The van der Waals surface area contributed by atoms with Gasteiger partial charge in [-0.2, -0.15) is 0 Å². The van der Waals surface area contributed by atoms with Crippen LogP contribution < -0.4 is 0 Å². The van der Waals surface area contributed by atoms with Crippen molar-refractivity contribution in [2.24, 2.45) is 0 Å². The molecule has 0 atom stereocenters. The minimum atomic E-state index is 0.0681. The molecule has 0 saturated carbocycles. The van der Waals surface area contributed by atoms with E-state index in [9.17, 15) is 4.79 Å². The van der Waals surface area contributed by atoms with Gasteiger partial charge in [-0.05, 0) is 32.9 Å². The highest BCUT2D eigenvalue weighted by molar-refractivity contribution is 5.94. The zero-order chi connectivity index (χ0) is 12.1. The Labute approximate surface area is 97.6 Å². The van der Waals surface area contributed by atoms with Crippen LogP contribution in [0.4, 0.5) is 0 Å². The molecule has 1 amide bonds. The summed E-state index contributed by atoms with van der Waals surface area (Å²) in [5.74, 6) is 0.0681. The first-order valence-corrected chi connectivity index (χ1v) is 5.52. The summed E-state index contributed by atoms with van der Waals surface area (Å²) in [5, 5.41) is 0. The molecule has 0 aliphatic rings. The van der Waals surface area contributed by atoms with Crippen LogP contribution in [0, 0.1) is 0 Å². The molecule has 0 N–H and O–H groups in total. The Bertz CT molecular complexity index is 368. The van der Waals surface area contributed by atoms with E-state index >= 15 is 0 Å². The predicted molar refractivity (Wildman–Crippen MR) is 67.4 cm³/mol. The summed E-state index contributed by atoms with van der Waals surface area (Å²) >= 11 is 0. The summed E-state index contributed by atoms with van der Waals surface area (Å²) in [7, 11) is 0. The first-order valence-electron chi connectivity index (χ1n) is 5.52. The number of hydrogen-bond donors (Lipinski definition) is 0. The Hall–Kier alpha value is -1.57. The molecule has 2 heteroatoms. The topological polar surface area (TPSA) is 20.3 Å². The lowest BCUT2D eigenvalue weighted by Crippen LogP contribution is -2.38. The summed E-state index contributed by atoms with van der Waals surface area (Å²) in [6.07, 6.45) is 0. The Morgan fingerprint density at radius 1 is 1.31 bits per heavy atom. The highest BCUT2D eigenvalue weighted by Gasteiger charge is 2.17. The zero-order valence-electron chi connectivity index (χ0n) is 10.2. The van der Waals surface area contributed by atoms with E-state index in [1.165, 1.54) is 0 Å². The van der Waals surface area contributed by atoms with Crippen LogP contribution in [0.3, 0.4) is 0 Å². The summed E-state index contributed by atoms with van der Waals surface area (Å²) in [4.78, 5) is 14.0. The lowest BCUT2D eigenvalue weighted by atomic mass is 10.1. The average molecular weight is 217 g/mol. The molecule has 1 aromatic rings. The summed E-state index contributed by atoms with van der Waals surface area (Å²) in [6.45, 7) is 10.4. The minimum absolute atomic E-state index is 0.0681. The van der Waals surface area contributed by atoms with Gasteiger partial charge < -0.3 is 4.90 Å². The SMILES string of the molecule is C=C(C)CN(C(=O)c1ccccc1)C(C)C. The third kappa shape index (κ3) is 3.23. The first kappa shape index (κ1) is 12.5. The van der Waals surface area contributed by atoms with Gasteiger partial charge in [-0.25, -0.2) is 0 Å². The number of carbonyl (C=O) groups excluding carboxylic acids is 1. The second-order valence-corrected chi connectivity index (χ2v) is 4.35. The van der Waals surface area contributed by atoms with Gasteiger partial charge in [0.15, 0.2) is 0 Å². The van der Waals surface area contributed by atoms with Gasteiger partial charge in [0.2, 0.25) is 0 Å². The van der Waals surface area contributed by atoms with E-state index in [4.69, 9.17) is 0 Å². The van der Waals surface area contributed by atoms with E-state index in [0.29, 0.717) is 6.54 Å². The van der Waals surface area contributed by atoms with E-state index in [-0.39, 0.29) is 11.9 Å². The van der Waals surface area contributed by atoms with Crippen LogP contribution >= 0.6 is 0 Å². The molecule has 1 aromatic carbocycles. The van der Waals surface area contributed by atoms with Crippen molar-refractivity contribution in [3.05, 3.63) is 48.0 Å². The standard InChI is InChI=1S/C14H19NO/c1-11(2)10-15(12(3)4)14(16)13-8-6-5-7-9-13/h5-9,12H,1,10H2,2-4H3. The number of nitrogens with zero attached hydrogens (tertiary/aromatic N) is 1. The number of benzene rings is 1. The molecule has 0 aromatic heterocycles. The third-order valence-electron chi connectivity index (χ3n) is 2.35. The van der Waals surface area contributed by atoms with Crippen LogP contribution in [0.2, 0.25) is 0 Å². The molecule has 0 saturated heterocycles. The Balaban J connectivity index is 2.88. The molecular weight excluding hydrogens is 198 g/mol. The fourth-order valence-corrected chi connectivity index (χ4v) is 1.53. The van der Waals surface area contributed by atoms with Gasteiger partial charge in [0.1, 0.15) is 0 Å². The normalized spacial score (nSPS) is 10.2. The smallest absolute Gasteiger partial charge is 0.254 e. The van der Waals surface area contributed by atoms with Crippen molar-refractivity contribution < 1.29 is 4.79 Å². The van der Waals surface area contributed by atoms with Crippen LogP contribution in [-0.4, -0.2) is 23.4 Å². The fourth-order valence-electron chi connectivity index (χ4n) is 1.53. The molecule has 2 nitrogen and oxygen atoms in total. The maximum atomic E-state index is 12.2. The van der Waals surface area contributed by atoms with E-state index in [0.717, 1.165) is 11.1 Å². The molecule has 1 rings (SSSR count). The first-order chi connectivity index (χ1) is 7.52. The lowest BCUT2D eigenvalue weighted by molar-refractivity contribution is 0.0724. The highest BCUT2D eigenvalue weighted by Crippen LogP contribution is 2.10.